The molecule has 2 amide bonds. The van der Waals surface area contributed by atoms with Crippen molar-refractivity contribution in [1.82, 2.24) is 10.6 Å². The standard InChI is InChI=1S/C36H47F5N2O7/c1-30(2)19-49-33(50-20-30)13-9-26-28-23(8-12-32(26,47)18-33)25-10-14-34(48,35(37,38)36(39,40)41)31(25,3)16-24(28)22-6-4-21(5-7-22)17-43-29(46)42-15-11-27(44)45/h4-7,23-25,47-48H,8-20H2,1-3H3,(H,44,45)(H2,42,43,46)/t23?,24-,25?,31+,32?,34+/m1/s1. The van der Waals surface area contributed by atoms with E-state index in [0.29, 0.717) is 43.6 Å². The Balaban J connectivity index is 1.35. The van der Waals surface area contributed by atoms with Gasteiger partial charge in [0, 0.05) is 42.7 Å². The summed E-state index contributed by atoms with van der Waals surface area (Å²) in [5, 5.41) is 37.7. The van der Waals surface area contributed by atoms with Crippen molar-refractivity contribution in [3.05, 3.63) is 46.5 Å². The number of hydrogen-bond acceptors (Lipinski definition) is 6. The van der Waals surface area contributed by atoms with Gasteiger partial charge in [-0.3, -0.25) is 4.79 Å². The summed E-state index contributed by atoms with van der Waals surface area (Å²) in [7, 11) is 0. The molecule has 1 aliphatic heterocycles. The van der Waals surface area contributed by atoms with Gasteiger partial charge in [0.25, 0.3) is 0 Å². The van der Waals surface area contributed by atoms with Crippen LogP contribution < -0.4 is 10.6 Å². The minimum absolute atomic E-state index is 0.00432. The van der Waals surface area contributed by atoms with E-state index in [0.717, 1.165) is 11.1 Å². The van der Waals surface area contributed by atoms with Crippen LogP contribution >= 0.6 is 0 Å². The van der Waals surface area contributed by atoms with Crippen LogP contribution in [0.25, 0.3) is 0 Å². The van der Waals surface area contributed by atoms with Gasteiger partial charge < -0.3 is 35.4 Å². The van der Waals surface area contributed by atoms with Crippen LogP contribution in [0.2, 0.25) is 0 Å². The molecule has 3 unspecified atom stereocenters. The molecule has 0 aromatic heterocycles. The number of carboxylic acid groups (broad SMARTS) is 1. The first-order chi connectivity index (χ1) is 23.2. The lowest BCUT2D eigenvalue weighted by Gasteiger charge is -2.59. The Labute approximate surface area is 288 Å². The monoisotopic (exact) mass is 714 g/mol. The van der Waals surface area contributed by atoms with Gasteiger partial charge in [0.15, 0.2) is 5.79 Å². The second kappa shape index (κ2) is 12.4. The Morgan fingerprint density at radius 3 is 2.22 bits per heavy atom. The van der Waals surface area contributed by atoms with Crippen LogP contribution in [0.4, 0.5) is 26.7 Å². The lowest BCUT2D eigenvalue weighted by atomic mass is 9.49. The number of fused-ring (bicyclic) bond motifs is 4. The average molecular weight is 715 g/mol. The van der Waals surface area contributed by atoms with E-state index in [1.165, 1.54) is 6.92 Å². The van der Waals surface area contributed by atoms with Gasteiger partial charge in [-0.2, -0.15) is 22.0 Å². The third kappa shape index (κ3) is 6.11. The zero-order valence-corrected chi connectivity index (χ0v) is 28.6. The molecule has 1 saturated heterocycles. The lowest BCUT2D eigenvalue weighted by molar-refractivity contribution is -0.362. The van der Waals surface area contributed by atoms with E-state index >= 15 is 8.78 Å². The topological polar surface area (TPSA) is 137 Å². The number of allylic oxidation sites excluding steroid dienone is 1. The van der Waals surface area contributed by atoms with Crippen molar-refractivity contribution < 1.29 is 56.3 Å². The van der Waals surface area contributed by atoms with Crippen LogP contribution in [0.3, 0.4) is 0 Å². The Hall–Kier alpha value is -2.81. The average Bonchev–Trinajstić information content (AvgIpc) is 3.31. The van der Waals surface area contributed by atoms with Gasteiger partial charge in [-0.25, -0.2) is 4.79 Å². The predicted octanol–water partition coefficient (Wildman–Crippen LogP) is 6.18. The van der Waals surface area contributed by atoms with Gasteiger partial charge >= 0.3 is 24.1 Å². The highest BCUT2D eigenvalue weighted by atomic mass is 19.4. The zero-order valence-electron chi connectivity index (χ0n) is 28.6. The van der Waals surface area contributed by atoms with E-state index in [-0.39, 0.29) is 50.6 Å². The van der Waals surface area contributed by atoms with Crippen LogP contribution in [-0.2, 0) is 20.8 Å². The highest BCUT2D eigenvalue weighted by molar-refractivity contribution is 5.75. The molecule has 1 heterocycles. The summed E-state index contributed by atoms with van der Waals surface area (Å²) >= 11 is 0. The number of aliphatic hydroxyl groups is 2. The predicted molar refractivity (Wildman–Crippen MR) is 170 cm³/mol. The number of aliphatic carboxylic acids is 1. The second-order valence-electron chi connectivity index (χ2n) is 16.2. The van der Waals surface area contributed by atoms with Gasteiger partial charge in [0.1, 0.15) is 5.60 Å². The number of ether oxygens (including phenoxy) is 2. The second-order valence-corrected chi connectivity index (χ2v) is 16.2. The van der Waals surface area contributed by atoms with Crippen molar-refractivity contribution in [2.24, 2.45) is 22.7 Å². The molecule has 0 radical (unpaired) electrons. The first kappa shape index (κ1) is 37.0. The summed E-state index contributed by atoms with van der Waals surface area (Å²) in [6.45, 7) is 6.39. The molecule has 5 aliphatic rings. The number of hydrogen-bond donors (Lipinski definition) is 5. The third-order valence-corrected chi connectivity index (χ3v) is 12.4. The molecule has 9 nitrogen and oxygen atoms in total. The molecular weight excluding hydrogens is 667 g/mol. The molecule has 1 aromatic rings. The lowest BCUT2D eigenvalue weighted by Crippen LogP contribution is -2.65. The summed E-state index contributed by atoms with van der Waals surface area (Å²) < 4.78 is 85.1. The fraction of sp³-hybridized carbons (Fsp3) is 0.722. The van der Waals surface area contributed by atoms with Gasteiger partial charge in [-0.05, 0) is 67.1 Å². The molecule has 4 aliphatic carbocycles. The maximum absolute atomic E-state index is 15.4. The number of amides is 2. The summed E-state index contributed by atoms with van der Waals surface area (Å²) in [6.07, 6.45) is -5.40. The van der Waals surface area contributed by atoms with Crippen LogP contribution in [0.1, 0.15) is 95.6 Å². The Kier molecular flexibility index (Phi) is 9.17. The molecule has 1 spiro atoms. The molecule has 6 rings (SSSR count). The molecule has 4 fully saturated rings. The van der Waals surface area contributed by atoms with Crippen molar-refractivity contribution in [2.45, 2.75) is 120 Å². The summed E-state index contributed by atoms with van der Waals surface area (Å²) in [5.41, 5.74) is -3.69. The molecule has 14 heteroatoms. The number of nitrogens with one attached hydrogen (secondary N) is 2. The number of carboxylic acids is 1. The number of benzene rings is 1. The van der Waals surface area contributed by atoms with Crippen molar-refractivity contribution in [3.63, 3.8) is 0 Å². The maximum atomic E-state index is 15.4. The zero-order chi connectivity index (χ0) is 36.5. The molecule has 6 atom stereocenters. The minimum Gasteiger partial charge on any atom is -0.481 e. The molecule has 50 heavy (non-hydrogen) atoms. The van der Waals surface area contributed by atoms with Crippen LogP contribution in [0.5, 0.6) is 0 Å². The van der Waals surface area contributed by atoms with E-state index in [1.54, 1.807) is 24.3 Å². The van der Waals surface area contributed by atoms with Crippen molar-refractivity contribution in [2.75, 3.05) is 19.8 Å². The van der Waals surface area contributed by atoms with E-state index < -0.39 is 70.7 Å². The molecule has 3 saturated carbocycles. The first-order valence-electron chi connectivity index (χ1n) is 17.4. The van der Waals surface area contributed by atoms with E-state index in [4.69, 9.17) is 14.6 Å². The van der Waals surface area contributed by atoms with Crippen molar-refractivity contribution in [3.8, 4) is 0 Å². The molecule has 0 bridgehead atoms. The number of alkyl halides is 5. The normalized spacial score (nSPS) is 34.8. The van der Waals surface area contributed by atoms with Crippen LogP contribution in [0, 0.1) is 22.7 Å². The number of halogens is 5. The minimum atomic E-state index is -5.94. The Morgan fingerprint density at radius 1 is 0.940 bits per heavy atom. The summed E-state index contributed by atoms with van der Waals surface area (Å²) in [6, 6.07) is 6.39. The SMILES string of the molecule is CC1(C)COC2(CCC3=C4C(CCC3(O)C2)C2CC[C@@](O)(C(F)(F)C(F)(F)F)[C@@]2(C)C[C@@H]4c2ccc(CNC(=O)NCCC(=O)O)cc2)OC1. The number of carbonyl (C=O) groups is 2. The van der Waals surface area contributed by atoms with Crippen molar-refractivity contribution in [1.29, 1.82) is 0 Å². The number of urea groups is 1. The van der Waals surface area contributed by atoms with Gasteiger partial charge in [-0.15, -0.1) is 0 Å². The van der Waals surface area contributed by atoms with Gasteiger partial charge in [0.05, 0.1) is 25.2 Å². The smallest absolute Gasteiger partial charge is 0.456 e. The quantitative estimate of drug-likeness (QED) is 0.168. The van der Waals surface area contributed by atoms with Gasteiger partial charge in [-0.1, -0.05) is 50.6 Å². The number of carbonyl (C=O) groups excluding carboxylic acids is 1. The molecular formula is C36H47F5N2O7. The molecule has 278 valence electrons. The van der Waals surface area contributed by atoms with Gasteiger partial charge in [0.2, 0.25) is 0 Å². The largest absolute Gasteiger partial charge is 0.481 e. The first-order valence-corrected chi connectivity index (χ1v) is 17.4. The third-order valence-electron chi connectivity index (χ3n) is 12.4. The molecule has 1 aromatic carbocycles. The number of rotatable bonds is 7. The highest BCUT2D eigenvalue weighted by Crippen LogP contribution is 2.71. The van der Waals surface area contributed by atoms with Crippen molar-refractivity contribution >= 4 is 12.0 Å². The fourth-order valence-electron chi connectivity index (χ4n) is 9.70. The Bertz CT molecular complexity index is 1520. The summed E-state index contributed by atoms with van der Waals surface area (Å²) in [5.74, 6) is -9.12. The summed E-state index contributed by atoms with van der Waals surface area (Å²) in [4.78, 5) is 22.8. The van der Waals surface area contributed by atoms with E-state index in [2.05, 4.69) is 10.6 Å². The van der Waals surface area contributed by atoms with E-state index in [9.17, 15) is 33.0 Å². The fourth-order valence-corrected chi connectivity index (χ4v) is 9.70. The molecule has 5 N–H and O–H groups in total. The van der Waals surface area contributed by atoms with Crippen LogP contribution in [-0.4, -0.2) is 76.2 Å². The van der Waals surface area contributed by atoms with E-state index in [1.807, 2.05) is 13.8 Å². The Morgan fingerprint density at radius 2 is 1.60 bits per heavy atom. The van der Waals surface area contributed by atoms with Crippen LogP contribution in [0.15, 0.2) is 35.4 Å². The highest BCUT2D eigenvalue weighted by Gasteiger charge is 2.79. The maximum Gasteiger partial charge on any atom is 0.456 e.